The van der Waals surface area contributed by atoms with Crippen LogP contribution in [0.25, 0.3) is 0 Å². The number of hydrogen-bond acceptors (Lipinski definition) is 4. The first-order chi connectivity index (χ1) is 14.6. The van der Waals surface area contributed by atoms with Crippen molar-refractivity contribution in [3.8, 4) is 0 Å². The molecule has 1 fully saturated rings. The summed E-state index contributed by atoms with van der Waals surface area (Å²) in [6, 6.07) is 16.4. The molecular formula is C25H33N3O2. The molecule has 0 saturated carbocycles. The fourth-order valence-corrected chi connectivity index (χ4v) is 4.57. The van der Waals surface area contributed by atoms with Crippen molar-refractivity contribution >= 4 is 11.6 Å². The van der Waals surface area contributed by atoms with Gasteiger partial charge in [-0.2, -0.15) is 0 Å². The van der Waals surface area contributed by atoms with Gasteiger partial charge in [0, 0.05) is 63.1 Å². The van der Waals surface area contributed by atoms with E-state index >= 15 is 0 Å². The maximum Gasteiger partial charge on any atom is 0.253 e. The van der Waals surface area contributed by atoms with Crippen LogP contribution in [0.15, 0.2) is 48.5 Å². The van der Waals surface area contributed by atoms with Gasteiger partial charge in [-0.3, -0.25) is 9.69 Å². The number of nitrogens with zero attached hydrogens (tertiary/aromatic N) is 3. The molecule has 4 rings (SSSR count). The lowest BCUT2D eigenvalue weighted by Crippen LogP contribution is -2.48. The van der Waals surface area contributed by atoms with E-state index in [0.717, 1.165) is 76.2 Å². The minimum Gasteiger partial charge on any atom is -0.388 e. The molecule has 2 heterocycles. The molecule has 1 unspecified atom stereocenters. The summed E-state index contributed by atoms with van der Waals surface area (Å²) in [6.07, 6.45) is 3.55. The Hall–Kier alpha value is -2.37. The Labute approximate surface area is 179 Å². The predicted molar refractivity (Wildman–Crippen MR) is 121 cm³/mol. The van der Waals surface area contributed by atoms with E-state index in [1.807, 2.05) is 29.2 Å². The van der Waals surface area contributed by atoms with Crippen molar-refractivity contribution in [1.82, 2.24) is 9.80 Å². The SMILES string of the molecule is CN1CCCCCC(O)c2cc(C(=O)N3CCN(Cc4ccccc4)CC3)ccc21. The van der Waals surface area contributed by atoms with Gasteiger partial charge in [0.1, 0.15) is 0 Å². The molecule has 30 heavy (non-hydrogen) atoms. The molecule has 5 heteroatoms. The van der Waals surface area contributed by atoms with Crippen LogP contribution in [0.5, 0.6) is 0 Å². The van der Waals surface area contributed by atoms with Gasteiger partial charge in [-0.15, -0.1) is 0 Å². The number of hydrogen-bond donors (Lipinski definition) is 1. The zero-order valence-corrected chi connectivity index (χ0v) is 18.0. The Bertz CT molecular complexity index is 847. The lowest BCUT2D eigenvalue weighted by atomic mass is 9.99. The van der Waals surface area contributed by atoms with Crippen LogP contribution in [0.3, 0.4) is 0 Å². The molecule has 2 aliphatic rings. The highest BCUT2D eigenvalue weighted by atomic mass is 16.3. The molecule has 1 amide bonds. The first-order valence-electron chi connectivity index (χ1n) is 11.2. The second-order valence-corrected chi connectivity index (χ2v) is 8.61. The first kappa shape index (κ1) is 20.9. The third-order valence-corrected chi connectivity index (χ3v) is 6.42. The van der Waals surface area contributed by atoms with Crippen LogP contribution < -0.4 is 4.90 Å². The first-order valence-corrected chi connectivity index (χ1v) is 11.2. The lowest BCUT2D eigenvalue weighted by molar-refractivity contribution is 0.0628. The monoisotopic (exact) mass is 407 g/mol. The van der Waals surface area contributed by atoms with Gasteiger partial charge < -0.3 is 14.9 Å². The molecule has 1 saturated heterocycles. The van der Waals surface area contributed by atoms with Gasteiger partial charge in [-0.1, -0.05) is 43.2 Å². The predicted octanol–water partition coefficient (Wildman–Crippen LogP) is 3.69. The maximum atomic E-state index is 13.2. The fourth-order valence-electron chi connectivity index (χ4n) is 4.57. The number of aliphatic hydroxyl groups excluding tert-OH is 1. The Morgan fingerprint density at radius 2 is 1.73 bits per heavy atom. The number of piperazine rings is 1. The summed E-state index contributed by atoms with van der Waals surface area (Å²) in [5, 5.41) is 10.7. The molecule has 0 bridgehead atoms. The standard InChI is InChI=1S/C25H33N3O2/c1-26-13-7-3-6-10-24(29)22-18-21(11-12-23(22)26)25(30)28-16-14-27(15-17-28)19-20-8-4-2-5-9-20/h2,4-5,8-9,11-12,18,24,29H,3,6-7,10,13-17,19H2,1H3. The summed E-state index contributed by atoms with van der Waals surface area (Å²) < 4.78 is 0. The van der Waals surface area contributed by atoms with Gasteiger partial charge in [-0.05, 0) is 36.6 Å². The normalized spacial score (nSPS) is 20.8. The summed E-state index contributed by atoms with van der Waals surface area (Å²) in [4.78, 5) is 19.7. The second-order valence-electron chi connectivity index (χ2n) is 8.61. The molecule has 2 aromatic rings. The van der Waals surface area contributed by atoms with E-state index in [2.05, 4.69) is 41.1 Å². The van der Waals surface area contributed by atoms with Crippen molar-refractivity contribution in [1.29, 1.82) is 0 Å². The van der Waals surface area contributed by atoms with Crippen molar-refractivity contribution in [3.05, 3.63) is 65.2 Å². The lowest BCUT2D eigenvalue weighted by Gasteiger charge is -2.35. The second kappa shape index (κ2) is 9.63. The number of carbonyl (C=O) groups is 1. The zero-order chi connectivity index (χ0) is 20.9. The number of benzene rings is 2. The molecular weight excluding hydrogens is 374 g/mol. The van der Waals surface area contributed by atoms with Gasteiger partial charge in [-0.25, -0.2) is 0 Å². The van der Waals surface area contributed by atoms with Crippen molar-refractivity contribution in [2.24, 2.45) is 0 Å². The number of carbonyl (C=O) groups excluding carboxylic acids is 1. The molecule has 2 aromatic carbocycles. The van der Waals surface area contributed by atoms with E-state index in [1.54, 1.807) is 0 Å². The summed E-state index contributed by atoms with van der Waals surface area (Å²) in [6.45, 7) is 5.17. The highest BCUT2D eigenvalue weighted by molar-refractivity contribution is 5.95. The summed E-state index contributed by atoms with van der Waals surface area (Å²) >= 11 is 0. The molecule has 0 radical (unpaired) electrons. The Morgan fingerprint density at radius 3 is 2.50 bits per heavy atom. The molecule has 1 atom stereocenters. The third kappa shape index (κ3) is 4.85. The molecule has 160 valence electrons. The molecule has 5 nitrogen and oxygen atoms in total. The fraction of sp³-hybridized carbons (Fsp3) is 0.480. The minimum atomic E-state index is -0.504. The smallest absolute Gasteiger partial charge is 0.253 e. The number of amides is 1. The summed E-state index contributed by atoms with van der Waals surface area (Å²) in [7, 11) is 2.07. The van der Waals surface area contributed by atoms with Gasteiger partial charge in [0.25, 0.3) is 5.91 Å². The number of aliphatic hydroxyl groups is 1. The quantitative estimate of drug-likeness (QED) is 0.843. The van der Waals surface area contributed by atoms with Crippen LogP contribution in [0, 0.1) is 0 Å². The van der Waals surface area contributed by atoms with E-state index in [9.17, 15) is 9.90 Å². The van der Waals surface area contributed by atoms with Crippen molar-refractivity contribution in [2.75, 3.05) is 44.7 Å². The van der Waals surface area contributed by atoms with Crippen LogP contribution in [0.1, 0.15) is 53.3 Å². The summed E-state index contributed by atoms with van der Waals surface area (Å²) in [5.74, 6) is 0.0758. The number of fused-ring (bicyclic) bond motifs is 1. The number of anilines is 1. The van der Waals surface area contributed by atoms with Gasteiger partial charge in [0.05, 0.1) is 6.10 Å². The van der Waals surface area contributed by atoms with Crippen LogP contribution in [-0.4, -0.2) is 60.6 Å². The van der Waals surface area contributed by atoms with Gasteiger partial charge >= 0.3 is 0 Å². The number of rotatable bonds is 3. The Kier molecular flexibility index (Phi) is 6.70. The van der Waals surface area contributed by atoms with E-state index < -0.39 is 6.10 Å². The highest BCUT2D eigenvalue weighted by Crippen LogP contribution is 2.32. The average Bonchev–Trinajstić information content (AvgIpc) is 2.85. The van der Waals surface area contributed by atoms with Crippen molar-refractivity contribution < 1.29 is 9.90 Å². The molecule has 0 aliphatic carbocycles. The largest absolute Gasteiger partial charge is 0.388 e. The molecule has 0 spiro atoms. The van der Waals surface area contributed by atoms with Crippen LogP contribution in [0.2, 0.25) is 0 Å². The zero-order valence-electron chi connectivity index (χ0n) is 18.0. The molecule has 2 aliphatic heterocycles. The Morgan fingerprint density at radius 1 is 0.967 bits per heavy atom. The van der Waals surface area contributed by atoms with Crippen LogP contribution >= 0.6 is 0 Å². The van der Waals surface area contributed by atoms with E-state index in [4.69, 9.17) is 0 Å². The minimum absolute atomic E-state index is 0.0758. The third-order valence-electron chi connectivity index (χ3n) is 6.42. The molecule has 1 N–H and O–H groups in total. The topological polar surface area (TPSA) is 47.0 Å². The molecule has 0 aromatic heterocycles. The van der Waals surface area contributed by atoms with E-state index in [0.29, 0.717) is 5.56 Å². The maximum absolute atomic E-state index is 13.2. The van der Waals surface area contributed by atoms with E-state index in [1.165, 1.54) is 5.56 Å². The average molecular weight is 408 g/mol. The van der Waals surface area contributed by atoms with Crippen LogP contribution in [0.4, 0.5) is 5.69 Å². The van der Waals surface area contributed by atoms with Crippen LogP contribution in [-0.2, 0) is 6.54 Å². The van der Waals surface area contributed by atoms with E-state index in [-0.39, 0.29) is 5.91 Å². The van der Waals surface area contributed by atoms with Crippen molar-refractivity contribution in [3.63, 3.8) is 0 Å². The van der Waals surface area contributed by atoms with Crippen molar-refractivity contribution in [2.45, 2.75) is 38.3 Å². The summed E-state index contributed by atoms with van der Waals surface area (Å²) in [5.41, 5.74) is 3.95. The Balaban J connectivity index is 1.43. The van der Waals surface area contributed by atoms with Gasteiger partial charge in [0.2, 0.25) is 0 Å². The highest BCUT2D eigenvalue weighted by Gasteiger charge is 2.24. The van der Waals surface area contributed by atoms with Gasteiger partial charge in [0.15, 0.2) is 0 Å².